The van der Waals surface area contributed by atoms with Crippen LogP contribution in [0.5, 0.6) is 0 Å². The first kappa shape index (κ1) is 7.03. The summed E-state index contributed by atoms with van der Waals surface area (Å²) in [6.07, 6.45) is 2.55. The fourth-order valence-electron chi connectivity index (χ4n) is 1.22. The van der Waals surface area contributed by atoms with Gasteiger partial charge in [-0.25, -0.2) is 0 Å². The lowest BCUT2D eigenvalue weighted by Gasteiger charge is -2.10. The van der Waals surface area contributed by atoms with Gasteiger partial charge in [-0.3, -0.25) is 0 Å². The Morgan fingerprint density at radius 2 is 2.22 bits per heavy atom. The summed E-state index contributed by atoms with van der Waals surface area (Å²) < 4.78 is 0. The standard InChI is InChI=1S/C7H16N2/c1-2-7-3-4-8-5-6-9-7/h7-9H,2-6H2,1H3. The first-order valence-corrected chi connectivity index (χ1v) is 3.87. The molecular formula is C7H16N2. The number of hydrogen-bond acceptors (Lipinski definition) is 2. The molecule has 0 aromatic carbocycles. The van der Waals surface area contributed by atoms with Gasteiger partial charge in [-0.05, 0) is 19.4 Å². The Bertz CT molecular complexity index is 65.3. The molecule has 1 rings (SSSR count). The van der Waals surface area contributed by atoms with Gasteiger partial charge in [0.05, 0.1) is 0 Å². The molecule has 0 radical (unpaired) electrons. The van der Waals surface area contributed by atoms with Crippen molar-refractivity contribution in [1.29, 1.82) is 0 Å². The van der Waals surface area contributed by atoms with E-state index < -0.39 is 0 Å². The van der Waals surface area contributed by atoms with Crippen LogP contribution < -0.4 is 10.6 Å². The van der Waals surface area contributed by atoms with Crippen molar-refractivity contribution in [3.05, 3.63) is 0 Å². The minimum atomic E-state index is 0.764. The molecule has 1 aliphatic heterocycles. The maximum absolute atomic E-state index is 3.47. The fraction of sp³-hybridized carbons (Fsp3) is 1.00. The Morgan fingerprint density at radius 1 is 1.33 bits per heavy atom. The minimum Gasteiger partial charge on any atom is -0.315 e. The lowest BCUT2D eigenvalue weighted by Crippen LogP contribution is -2.28. The summed E-state index contributed by atoms with van der Waals surface area (Å²) in [6.45, 7) is 5.70. The molecule has 0 aromatic heterocycles. The third kappa shape index (κ3) is 2.33. The van der Waals surface area contributed by atoms with E-state index in [-0.39, 0.29) is 0 Å². The Labute approximate surface area is 57.0 Å². The Morgan fingerprint density at radius 3 is 3.00 bits per heavy atom. The summed E-state index contributed by atoms with van der Waals surface area (Å²) in [4.78, 5) is 0. The Kier molecular flexibility index (Phi) is 3.01. The van der Waals surface area contributed by atoms with Gasteiger partial charge in [-0.2, -0.15) is 0 Å². The molecule has 2 heteroatoms. The van der Waals surface area contributed by atoms with Crippen molar-refractivity contribution in [1.82, 2.24) is 10.6 Å². The summed E-state index contributed by atoms with van der Waals surface area (Å²) in [5, 5.41) is 6.82. The lowest BCUT2D eigenvalue weighted by atomic mass is 10.1. The molecule has 1 saturated heterocycles. The van der Waals surface area contributed by atoms with Gasteiger partial charge in [-0.1, -0.05) is 6.92 Å². The van der Waals surface area contributed by atoms with Crippen LogP contribution in [-0.4, -0.2) is 25.7 Å². The summed E-state index contributed by atoms with van der Waals surface area (Å²) in [6, 6.07) is 0.764. The van der Waals surface area contributed by atoms with Crippen LogP contribution in [0, 0.1) is 0 Å². The summed E-state index contributed by atoms with van der Waals surface area (Å²) in [5.74, 6) is 0. The second-order valence-corrected chi connectivity index (χ2v) is 2.60. The minimum absolute atomic E-state index is 0.764. The average molecular weight is 128 g/mol. The van der Waals surface area contributed by atoms with Gasteiger partial charge < -0.3 is 10.6 Å². The summed E-state index contributed by atoms with van der Waals surface area (Å²) in [7, 11) is 0. The van der Waals surface area contributed by atoms with E-state index in [1.165, 1.54) is 19.4 Å². The van der Waals surface area contributed by atoms with Crippen LogP contribution in [0.2, 0.25) is 0 Å². The molecule has 1 fully saturated rings. The van der Waals surface area contributed by atoms with Crippen LogP contribution >= 0.6 is 0 Å². The number of rotatable bonds is 1. The van der Waals surface area contributed by atoms with Crippen LogP contribution in [0.1, 0.15) is 19.8 Å². The second-order valence-electron chi connectivity index (χ2n) is 2.60. The van der Waals surface area contributed by atoms with Crippen molar-refractivity contribution in [2.24, 2.45) is 0 Å². The van der Waals surface area contributed by atoms with E-state index in [1.807, 2.05) is 0 Å². The molecule has 0 aliphatic carbocycles. The summed E-state index contributed by atoms with van der Waals surface area (Å²) in [5.41, 5.74) is 0. The molecule has 0 aromatic rings. The maximum Gasteiger partial charge on any atom is 0.00793 e. The molecular weight excluding hydrogens is 112 g/mol. The van der Waals surface area contributed by atoms with Crippen molar-refractivity contribution in [3.63, 3.8) is 0 Å². The van der Waals surface area contributed by atoms with Gasteiger partial charge in [0.15, 0.2) is 0 Å². The predicted octanol–water partition coefficient (Wildman–Crippen LogP) is 0.348. The molecule has 1 heterocycles. The Balaban J connectivity index is 2.18. The van der Waals surface area contributed by atoms with Crippen LogP contribution in [-0.2, 0) is 0 Å². The van der Waals surface area contributed by atoms with E-state index in [0.717, 1.165) is 19.1 Å². The molecule has 1 atom stereocenters. The molecule has 2 N–H and O–H groups in total. The largest absolute Gasteiger partial charge is 0.315 e. The smallest absolute Gasteiger partial charge is 0.00793 e. The van der Waals surface area contributed by atoms with E-state index in [2.05, 4.69) is 17.6 Å². The van der Waals surface area contributed by atoms with Crippen LogP contribution in [0.15, 0.2) is 0 Å². The molecule has 2 nitrogen and oxygen atoms in total. The molecule has 0 saturated carbocycles. The monoisotopic (exact) mass is 128 g/mol. The van der Waals surface area contributed by atoms with E-state index in [4.69, 9.17) is 0 Å². The predicted molar refractivity (Wildman–Crippen MR) is 39.6 cm³/mol. The third-order valence-corrected chi connectivity index (χ3v) is 1.90. The van der Waals surface area contributed by atoms with Gasteiger partial charge in [0.25, 0.3) is 0 Å². The first-order valence-electron chi connectivity index (χ1n) is 3.87. The molecule has 1 unspecified atom stereocenters. The molecule has 9 heavy (non-hydrogen) atoms. The summed E-state index contributed by atoms with van der Waals surface area (Å²) >= 11 is 0. The van der Waals surface area contributed by atoms with E-state index >= 15 is 0 Å². The highest BCUT2D eigenvalue weighted by atomic mass is 15.0. The zero-order valence-electron chi connectivity index (χ0n) is 6.11. The molecule has 54 valence electrons. The zero-order valence-corrected chi connectivity index (χ0v) is 6.11. The van der Waals surface area contributed by atoms with Gasteiger partial charge in [0.1, 0.15) is 0 Å². The number of nitrogens with one attached hydrogen (secondary N) is 2. The highest BCUT2D eigenvalue weighted by Crippen LogP contribution is 1.96. The van der Waals surface area contributed by atoms with Crippen molar-refractivity contribution in [3.8, 4) is 0 Å². The SMILES string of the molecule is CCC1CCNCCN1. The molecule has 0 bridgehead atoms. The first-order chi connectivity index (χ1) is 4.43. The molecule has 0 amide bonds. The quantitative estimate of drug-likeness (QED) is 0.532. The van der Waals surface area contributed by atoms with Gasteiger partial charge in [0.2, 0.25) is 0 Å². The van der Waals surface area contributed by atoms with Crippen molar-refractivity contribution in [2.45, 2.75) is 25.8 Å². The van der Waals surface area contributed by atoms with Gasteiger partial charge in [-0.15, -0.1) is 0 Å². The van der Waals surface area contributed by atoms with Crippen molar-refractivity contribution < 1.29 is 0 Å². The van der Waals surface area contributed by atoms with Crippen LogP contribution in [0.25, 0.3) is 0 Å². The van der Waals surface area contributed by atoms with Gasteiger partial charge in [0, 0.05) is 19.1 Å². The Hall–Kier alpha value is -0.0800. The molecule has 1 aliphatic rings. The normalized spacial score (nSPS) is 29.7. The van der Waals surface area contributed by atoms with Crippen LogP contribution in [0.3, 0.4) is 0 Å². The van der Waals surface area contributed by atoms with Crippen molar-refractivity contribution >= 4 is 0 Å². The number of hydrogen-bond donors (Lipinski definition) is 2. The lowest BCUT2D eigenvalue weighted by molar-refractivity contribution is 0.508. The second kappa shape index (κ2) is 3.85. The topological polar surface area (TPSA) is 24.1 Å². The highest BCUT2D eigenvalue weighted by molar-refractivity contribution is 4.70. The average Bonchev–Trinajstić information content (AvgIpc) is 2.13. The molecule has 0 spiro atoms. The van der Waals surface area contributed by atoms with Crippen LogP contribution in [0.4, 0.5) is 0 Å². The van der Waals surface area contributed by atoms with E-state index in [0.29, 0.717) is 0 Å². The third-order valence-electron chi connectivity index (χ3n) is 1.90. The van der Waals surface area contributed by atoms with Gasteiger partial charge >= 0.3 is 0 Å². The van der Waals surface area contributed by atoms with E-state index in [9.17, 15) is 0 Å². The fourth-order valence-corrected chi connectivity index (χ4v) is 1.22. The van der Waals surface area contributed by atoms with Crippen molar-refractivity contribution in [2.75, 3.05) is 19.6 Å². The zero-order chi connectivity index (χ0) is 6.53. The van der Waals surface area contributed by atoms with E-state index in [1.54, 1.807) is 0 Å². The maximum atomic E-state index is 3.47. The highest BCUT2D eigenvalue weighted by Gasteiger charge is 2.06.